The number of rotatable bonds is 1. The van der Waals surface area contributed by atoms with Gasteiger partial charge in [-0.05, 0) is 48.6 Å². The van der Waals surface area contributed by atoms with Gasteiger partial charge in [-0.2, -0.15) is 0 Å². The average Bonchev–Trinajstić information content (AvgIpc) is 2.28. The highest BCUT2D eigenvalue weighted by atomic mass is 35.5. The summed E-state index contributed by atoms with van der Waals surface area (Å²) in [5, 5.41) is 0.727. The summed E-state index contributed by atoms with van der Waals surface area (Å²) in [7, 11) is 0. The first-order chi connectivity index (χ1) is 7.66. The summed E-state index contributed by atoms with van der Waals surface area (Å²) in [6, 6.07) is 7.60. The van der Waals surface area contributed by atoms with Gasteiger partial charge >= 0.3 is 0 Å². The molecule has 1 aliphatic rings. The summed E-state index contributed by atoms with van der Waals surface area (Å²) in [6.07, 6.45) is 5.04. The molecule has 1 aromatic carbocycles. The third-order valence-corrected chi connectivity index (χ3v) is 3.31. The number of hydrogen-bond acceptors (Lipinski definition) is 1. The minimum Gasteiger partial charge on any atom is -0.294 e. The lowest BCUT2D eigenvalue weighted by Crippen LogP contribution is -2.18. The Kier molecular flexibility index (Phi) is 3.45. The Morgan fingerprint density at radius 1 is 1.31 bits per heavy atom. The fourth-order valence-electron chi connectivity index (χ4n) is 2.07. The van der Waals surface area contributed by atoms with Crippen molar-refractivity contribution in [1.29, 1.82) is 0 Å². The number of benzene rings is 1. The molecule has 2 rings (SSSR count). The first-order valence-electron chi connectivity index (χ1n) is 5.67. The van der Waals surface area contributed by atoms with Crippen LogP contribution in [0.1, 0.15) is 31.7 Å². The van der Waals surface area contributed by atoms with Crippen LogP contribution in [0, 0.1) is 5.92 Å². The molecule has 0 bridgehead atoms. The number of carbonyl (C=O) groups is 1. The second-order valence-corrected chi connectivity index (χ2v) is 4.82. The van der Waals surface area contributed by atoms with Crippen LogP contribution in [-0.4, -0.2) is 5.78 Å². The van der Waals surface area contributed by atoms with Crippen LogP contribution in [0.2, 0.25) is 5.02 Å². The van der Waals surface area contributed by atoms with E-state index in [4.69, 9.17) is 11.6 Å². The van der Waals surface area contributed by atoms with Crippen molar-refractivity contribution in [2.75, 3.05) is 0 Å². The van der Waals surface area contributed by atoms with Crippen molar-refractivity contribution in [1.82, 2.24) is 0 Å². The van der Waals surface area contributed by atoms with Crippen LogP contribution in [0.3, 0.4) is 0 Å². The molecule has 16 heavy (non-hydrogen) atoms. The smallest absolute Gasteiger partial charge is 0.161 e. The molecule has 0 amide bonds. The van der Waals surface area contributed by atoms with Crippen molar-refractivity contribution in [2.24, 2.45) is 5.92 Å². The van der Waals surface area contributed by atoms with E-state index >= 15 is 0 Å². The zero-order valence-electron chi connectivity index (χ0n) is 9.37. The monoisotopic (exact) mass is 234 g/mol. The van der Waals surface area contributed by atoms with Crippen LogP contribution in [0.4, 0.5) is 0 Å². The van der Waals surface area contributed by atoms with E-state index in [9.17, 15) is 4.79 Å². The molecular formula is C14H15ClO. The summed E-state index contributed by atoms with van der Waals surface area (Å²) in [4.78, 5) is 11.9. The van der Waals surface area contributed by atoms with E-state index in [0.29, 0.717) is 5.78 Å². The molecule has 1 fully saturated rings. The predicted octanol–water partition coefficient (Wildman–Crippen LogP) is 4.11. The average molecular weight is 235 g/mol. The fraction of sp³-hybridized carbons (Fsp3) is 0.357. The van der Waals surface area contributed by atoms with E-state index in [1.165, 1.54) is 0 Å². The van der Waals surface area contributed by atoms with E-state index in [2.05, 4.69) is 0 Å². The largest absolute Gasteiger partial charge is 0.294 e. The highest BCUT2D eigenvalue weighted by molar-refractivity contribution is 6.30. The maximum atomic E-state index is 11.9. The van der Waals surface area contributed by atoms with Gasteiger partial charge in [0, 0.05) is 10.9 Å². The Bertz CT molecular complexity index is 417. The summed E-state index contributed by atoms with van der Waals surface area (Å²) in [5.74, 6) is 0.494. The molecular weight excluding hydrogens is 220 g/mol. The topological polar surface area (TPSA) is 17.1 Å². The standard InChI is InChI=1S/C14H15ClO/c1-10-3-2-4-12(14(10)16)9-11-5-7-13(15)8-6-11/h5-10H,2-4H2,1H3/b12-9-/t10-/m0/s1. The molecule has 1 saturated carbocycles. The van der Waals surface area contributed by atoms with E-state index < -0.39 is 0 Å². The minimum atomic E-state index is 0.187. The minimum absolute atomic E-state index is 0.187. The number of ketones is 1. The zero-order chi connectivity index (χ0) is 11.5. The van der Waals surface area contributed by atoms with Gasteiger partial charge < -0.3 is 0 Å². The van der Waals surface area contributed by atoms with Gasteiger partial charge in [-0.1, -0.05) is 30.7 Å². The van der Waals surface area contributed by atoms with Gasteiger partial charge in [-0.3, -0.25) is 4.79 Å². The quantitative estimate of drug-likeness (QED) is 0.669. The van der Waals surface area contributed by atoms with Crippen LogP contribution in [0.15, 0.2) is 29.8 Å². The molecule has 0 unspecified atom stereocenters. The zero-order valence-corrected chi connectivity index (χ0v) is 10.1. The van der Waals surface area contributed by atoms with Crippen LogP contribution < -0.4 is 0 Å². The van der Waals surface area contributed by atoms with Gasteiger partial charge in [0.2, 0.25) is 0 Å². The van der Waals surface area contributed by atoms with Crippen molar-refractivity contribution in [3.8, 4) is 0 Å². The molecule has 84 valence electrons. The Hall–Kier alpha value is -1.08. The first kappa shape index (κ1) is 11.4. The molecule has 0 aliphatic heterocycles. The van der Waals surface area contributed by atoms with Gasteiger partial charge in [0.1, 0.15) is 0 Å². The molecule has 0 N–H and O–H groups in total. The highest BCUT2D eigenvalue weighted by Gasteiger charge is 2.22. The number of allylic oxidation sites excluding steroid dienone is 1. The highest BCUT2D eigenvalue weighted by Crippen LogP contribution is 2.26. The predicted molar refractivity (Wildman–Crippen MR) is 67.5 cm³/mol. The lowest BCUT2D eigenvalue weighted by molar-refractivity contribution is -0.119. The summed E-state index contributed by atoms with van der Waals surface area (Å²) >= 11 is 5.82. The molecule has 1 aliphatic carbocycles. The van der Waals surface area contributed by atoms with Crippen molar-refractivity contribution < 1.29 is 4.79 Å². The maximum absolute atomic E-state index is 11.9. The summed E-state index contributed by atoms with van der Waals surface area (Å²) in [5.41, 5.74) is 2.02. The number of Topliss-reactive ketones (excluding diaryl/α,β-unsaturated/α-hetero) is 1. The summed E-state index contributed by atoms with van der Waals surface area (Å²) in [6.45, 7) is 2.01. The van der Waals surface area contributed by atoms with Crippen LogP contribution in [0.5, 0.6) is 0 Å². The third kappa shape index (κ3) is 2.53. The molecule has 1 nitrogen and oxygen atoms in total. The first-order valence-corrected chi connectivity index (χ1v) is 6.05. The molecule has 2 heteroatoms. The number of carbonyl (C=O) groups excluding carboxylic acids is 1. The SMILES string of the molecule is C[C@H]1CCC/C(=C/c2ccc(Cl)cc2)C1=O. The Morgan fingerprint density at radius 2 is 2.00 bits per heavy atom. The van der Waals surface area contributed by atoms with E-state index in [1.807, 2.05) is 37.3 Å². The van der Waals surface area contributed by atoms with Crippen molar-refractivity contribution >= 4 is 23.5 Å². The number of halogens is 1. The number of hydrogen-bond donors (Lipinski definition) is 0. The van der Waals surface area contributed by atoms with Crippen molar-refractivity contribution in [2.45, 2.75) is 26.2 Å². The van der Waals surface area contributed by atoms with Gasteiger partial charge in [0.05, 0.1) is 0 Å². The van der Waals surface area contributed by atoms with Crippen LogP contribution in [0.25, 0.3) is 6.08 Å². The molecule has 1 atom stereocenters. The van der Waals surface area contributed by atoms with Crippen LogP contribution >= 0.6 is 11.6 Å². The van der Waals surface area contributed by atoms with Crippen LogP contribution in [-0.2, 0) is 4.79 Å². The summed E-state index contributed by atoms with van der Waals surface area (Å²) < 4.78 is 0. The second kappa shape index (κ2) is 4.84. The Balaban J connectivity index is 2.23. The van der Waals surface area contributed by atoms with E-state index in [1.54, 1.807) is 0 Å². The maximum Gasteiger partial charge on any atom is 0.161 e. The Labute approximate surface area is 101 Å². The fourth-order valence-corrected chi connectivity index (χ4v) is 2.20. The molecule has 0 spiro atoms. The van der Waals surface area contributed by atoms with Crippen molar-refractivity contribution in [3.05, 3.63) is 40.4 Å². The molecule has 0 aromatic heterocycles. The molecule has 0 saturated heterocycles. The second-order valence-electron chi connectivity index (χ2n) is 4.38. The lowest BCUT2D eigenvalue weighted by atomic mass is 9.84. The van der Waals surface area contributed by atoms with Gasteiger partial charge in [0.25, 0.3) is 0 Å². The van der Waals surface area contributed by atoms with Gasteiger partial charge in [-0.25, -0.2) is 0 Å². The molecule has 1 aromatic rings. The molecule has 0 heterocycles. The van der Waals surface area contributed by atoms with Gasteiger partial charge in [-0.15, -0.1) is 0 Å². The third-order valence-electron chi connectivity index (χ3n) is 3.06. The lowest BCUT2D eigenvalue weighted by Gasteiger charge is -2.19. The van der Waals surface area contributed by atoms with Gasteiger partial charge in [0.15, 0.2) is 5.78 Å². The molecule has 0 radical (unpaired) electrons. The normalized spacial score (nSPS) is 23.8. The van der Waals surface area contributed by atoms with E-state index in [-0.39, 0.29) is 5.92 Å². The van der Waals surface area contributed by atoms with Crippen molar-refractivity contribution in [3.63, 3.8) is 0 Å². The van der Waals surface area contributed by atoms with E-state index in [0.717, 1.165) is 35.4 Å². The Morgan fingerprint density at radius 3 is 2.69 bits per heavy atom.